The molecule has 0 aliphatic carbocycles. The van der Waals surface area contributed by atoms with E-state index in [-0.39, 0.29) is 26.8 Å². The van der Waals surface area contributed by atoms with E-state index in [1.54, 1.807) is 30.7 Å². The van der Waals surface area contributed by atoms with E-state index in [2.05, 4.69) is 21.0 Å². The molecule has 27 heavy (non-hydrogen) atoms. The summed E-state index contributed by atoms with van der Waals surface area (Å²) in [6.07, 6.45) is 5.17. The van der Waals surface area contributed by atoms with Gasteiger partial charge in [0, 0.05) is 33.0 Å². The molecule has 1 aromatic carbocycles. The van der Waals surface area contributed by atoms with Crippen molar-refractivity contribution in [3.8, 4) is 28.1 Å². The second-order valence-corrected chi connectivity index (χ2v) is 6.55. The summed E-state index contributed by atoms with van der Waals surface area (Å²) in [6, 6.07) is 22.1. The molecule has 0 atom stereocenters. The van der Waals surface area contributed by atoms with Crippen LogP contribution in [0, 0.1) is 6.07 Å². The van der Waals surface area contributed by atoms with E-state index in [4.69, 9.17) is 0 Å². The van der Waals surface area contributed by atoms with Crippen LogP contribution in [-0.2, 0) is 21.1 Å². The number of phenolic OH excluding ortho intramolecular Hbond substituents is 1. The van der Waals surface area contributed by atoms with Crippen molar-refractivity contribution in [2.45, 2.75) is 10.1 Å². The molecule has 0 bridgehead atoms. The number of hydrogen-bond donors (Lipinski definition) is 1. The fourth-order valence-corrected chi connectivity index (χ4v) is 3.27. The summed E-state index contributed by atoms with van der Waals surface area (Å²) in [7, 11) is 0. The summed E-state index contributed by atoms with van der Waals surface area (Å²) in [5.41, 5.74) is 2.97. The van der Waals surface area contributed by atoms with Crippen molar-refractivity contribution < 1.29 is 26.2 Å². The van der Waals surface area contributed by atoms with Crippen molar-refractivity contribution in [3.05, 3.63) is 85.3 Å². The Morgan fingerprint density at radius 3 is 2.41 bits per heavy atom. The normalized spacial score (nSPS) is 10.2. The summed E-state index contributed by atoms with van der Waals surface area (Å²) in [6.45, 7) is 0. The Labute approximate surface area is 176 Å². The molecular weight excluding hydrogens is 537 g/mol. The average molecular weight is 552 g/mol. The zero-order valence-corrected chi connectivity index (χ0v) is 17.1. The van der Waals surface area contributed by atoms with Crippen molar-refractivity contribution in [2.75, 3.05) is 0 Å². The molecule has 136 valence electrons. The number of phenols is 1. The minimum atomic E-state index is 0. The molecule has 0 saturated carbocycles. The number of aromatic hydroxyl groups is 1. The molecule has 3 heterocycles. The Morgan fingerprint density at radius 2 is 1.59 bits per heavy atom. The third kappa shape index (κ3) is 4.62. The van der Waals surface area contributed by atoms with Gasteiger partial charge in [-0.25, -0.2) is 4.98 Å². The Morgan fingerprint density at radius 1 is 0.815 bits per heavy atom. The van der Waals surface area contributed by atoms with Crippen LogP contribution < -0.4 is 0 Å². The van der Waals surface area contributed by atoms with Gasteiger partial charge >= 0.3 is 0 Å². The zero-order chi connectivity index (χ0) is 17.8. The number of nitrogens with zero attached hydrogens (tertiary/aromatic N) is 3. The van der Waals surface area contributed by atoms with E-state index in [0.717, 1.165) is 26.9 Å². The first-order chi connectivity index (χ1) is 12.8. The molecule has 0 spiro atoms. The number of aromatic nitrogens is 3. The van der Waals surface area contributed by atoms with E-state index in [9.17, 15) is 5.11 Å². The predicted molar refractivity (Wildman–Crippen MR) is 102 cm³/mol. The predicted octanol–water partition coefficient (Wildman–Crippen LogP) is 4.86. The van der Waals surface area contributed by atoms with Crippen LogP contribution in [0.1, 0.15) is 0 Å². The van der Waals surface area contributed by atoms with Gasteiger partial charge in [-0.2, -0.15) is 0 Å². The standard InChI is InChI=1S/C21H14N3OS.Pt/c25-19-8-2-1-6-17(19)15-12-16(14-22-13-15)18-7-5-10-21(24-18)26-20-9-3-4-11-23-20;/h1-11,13-14,25H;/q-1;. The topological polar surface area (TPSA) is 58.9 Å². The number of rotatable bonds is 4. The van der Waals surface area contributed by atoms with Crippen molar-refractivity contribution in [1.82, 2.24) is 15.0 Å². The van der Waals surface area contributed by atoms with Gasteiger partial charge < -0.3 is 10.1 Å². The van der Waals surface area contributed by atoms with Gasteiger partial charge in [-0.3, -0.25) is 4.98 Å². The fourth-order valence-electron chi connectivity index (χ4n) is 2.50. The third-order valence-corrected chi connectivity index (χ3v) is 4.60. The number of benzene rings is 1. The fraction of sp³-hybridized carbons (Fsp3) is 0. The largest absolute Gasteiger partial charge is 0.515 e. The van der Waals surface area contributed by atoms with Gasteiger partial charge in [0.25, 0.3) is 0 Å². The molecule has 0 radical (unpaired) electrons. The quantitative estimate of drug-likeness (QED) is 0.368. The SMILES string of the molecule is Oc1ccccc1-c1[c-]c(-c2cccc(Sc3ccccn3)n2)cnc1.[Pt]. The molecule has 4 rings (SSSR count). The number of hydrogen-bond acceptors (Lipinski definition) is 5. The Balaban J connectivity index is 0.00000210. The summed E-state index contributed by atoms with van der Waals surface area (Å²) < 4.78 is 0. The van der Waals surface area contributed by atoms with Gasteiger partial charge in [-0.05, 0) is 42.2 Å². The van der Waals surface area contributed by atoms with Gasteiger partial charge in [0.2, 0.25) is 0 Å². The molecule has 1 N–H and O–H groups in total. The molecule has 0 unspecified atom stereocenters. The first-order valence-corrected chi connectivity index (χ1v) is 8.83. The van der Waals surface area contributed by atoms with E-state index >= 15 is 0 Å². The minimum Gasteiger partial charge on any atom is -0.515 e. The monoisotopic (exact) mass is 551 g/mol. The van der Waals surface area contributed by atoms with Crippen LogP contribution >= 0.6 is 11.8 Å². The maximum Gasteiger partial charge on any atom is 0.102 e. The van der Waals surface area contributed by atoms with Crippen molar-refractivity contribution in [3.63, 3.8) is 0 Å². The summed E-state index contributed by atoms with van der Waals surface area (Å²) in [5.74, 6) is 0.204. The van der Waals surface area contributed by atoms with E-state index < -0.39 is 0 Å². The summed E-state index contributed by atoms with van der Waals surface area (Å²) in [5, 5.41) is 11.8. The van der Waals surface area contributed by atoms with Crippen LogP contribution in [0.25, 0.3) is 22.4 Å². The second-order valence-electron chi connectivity index (χ2n) is 5.51. The smallest absolute Gasteiger partial charge is 0.102 e. The maximum atomic E-state index is 10.1. The Kier molecular flexibility index (Phi) is 6.38. The van der Waals surface area contributed by atoms with Crippen LogP contribution in [0.15, 0.2) is 89.3 Å². The number of pyridine rings is 3. The first-order valence-electron chi connectivity index (χ1n) is 8.01. The summed E-state index contributed by atoms with van der Waals surface area (Å²) >= 11 is 1.50. The van der Waals surface area contributed by atoms with Crippen LogP contribution in [0.4, 0.5) is 0 Å². The molecule has 6 heteroatoms. The van der Waals surface area contributed by atoms with Crippen molar-refractivity contribution >= 4 is 11.8 Å². The molecule has 0 aliphatic heterocycles. The van der Waals surface area contributed by atoms with Gasteiger partial charge in [0.05, 0.1) is 10.8 Å². The third-order valence-electron chi connectivity index (χ3n) is 3.72. The van der Waals surface area contributed by atoms with Gasteiger partial charge in [-0.1, -0.05) is 59.3 Å². The van der Waals surface area contributed by atoms with Crippen molar-refractivity contribution in [2.24, 2.45) is 0 Å². The van der Waals surface area contributed by atoms with E-state index in [1.807, 2.05) is 48.5 Å². The summed E-state index contributed by atoms with van der Waals surface area (Å²) in [4.78, 5) is 13.3. The minimum absolute atomic E-state index is 0. The second kappa shape index (κ2) is 8.94. The first kappa shape index (κ1) is 19.3. The number of para-hydroxylation sites is 1. The molecule has 0 amide bonds. The molecule has 3 aromatic heterocycles. The maximum absolute atomic E-state index is 10.1. The average Bonchev–Trinajstić information content (AvgIpc) is 2.69. The van der Waals surface area contributed by atoms with Gasteiger partial charge in [0.1, 0.15) is 5.03 Å². The molecule has 0 aliphatic rings. The Bertz CT molecular complexity index is 1040. The molecule has 4 nitrogen and oxygen atoms in total. The molecule has 4 aromatic rings. The van der Waals surface area contributed by atoms with Gasteiger partial charge in [-0.15, -0.1) is 6.07 Å². The van der Waals surface area contributed by atoms with Crippen LogP contribution in [0.5, 0.6) is 5.75 Å². The van der Waals surface area contributed by atoms with Crippen LogP contribution in [0.3, 0.4) is 0 Å². The van der Waals surface area contributed by atoms with Crippen LogP contribution in [-0.4, -0.2) is 20.1 Å². The van der Waals surface area contributed by atoms with Gasteiger partial charge in [0.15, 0.2) is 0 Å². The van der Waals surface area contributed by atoms with Crippen molar-refractivity contribution in [1.29, 1.82) is 0 Å². The molecule has 0 fully saturated rings. The Hall–Kier alpha value is -2.49. The van der Waals surface area contributed by atoms with Crippen LogP contribution in [0.2, 0.25) is 0 Å². The zero-order valence-electron chi connectivity index (χ0n) is 14.0. The molecule has 0 saturated heterocycles. The van der Waals surface area contributed by atoms with E-state index in [1.165, 1.54) is 11.8 Å². The molecular formula is C21H14N3OPtS-. The van der Waals surface area contributed by atoms with E-state index in [0.29, 0.717) is 5.56 Å².